The van der Waals surface area contributed by atoms with E-state index in [1.54, 1.807) is 0 Å². The van der Waals surface area contributed by atoms with Crippen LogP contribution in [-0.2, 0) is 4.79 Å². The van der Waals surface area contributed by atoms with E-state index in [9.17, 15) is 4.79 Å². The standard InChI is InChI=1S/C14H24O/c1-4-12(15)7-8-13-10-5-6-11(9-10)14(13,2)3/h10-11,13H,4-9H2,1-3H3. The summed E-state index contributed by atoms with van der Waals surface area (Å²) in [5, 5.41) is 0. The third-order valence-electron chi connectivity index (χ3n) is 5.18. The minimum absolute atomic E-state index is 0.452. The van der Waals surface area contributed by atoms with Crippen molar-refractivity contribution in [3.05, 3.63) is 0 Å². The molecule has 2 fully saturated rings. The summed E-state index contributed by atoms with van der Waals surface area (Å²) in [6.45, 7) is 6.84. The van der Waals surface area contributed by atoms with Gasteiger partial charge in [-0.3, -0.25) is 4.79 Å². The molecule has 2 aliphatic carbocycles. The molecule has 2 rings (SSSR count). The molecule has 2 aliphatic rings. The van der Waals surface area contributed by atoms with Gasteiger partial charge in [0, 0.05) is 12.8 Å². The Balaban J connectivity index is 1.94. The smallest absolute Gasteiger partial charge is 0.132 e. The number of Topliss-reactive ketones (excluding diaryl/α,β-unsaturated/α-hetero) is 1. The number of carbonyl (C=O) groups is 1. The minimum atomic E-state index is 0.452. The maximum absolute atomic E-state index is 11.4. The van der Waals surface area contributed by atoms with Gasteiger partial charge in [0.15, 0.2) is 0 Å². The molecule has 0 saturated heterocycles. The van der Waals surface area contributed by atoms with Crippen molar-refractivity contribution in [2.75, 3.05) is 0 Å². The quantitative estimate of drug-likeness (QED) is 0.686. The lowest BCUT2D eigenvalue weighted by molar-refractivity contribution is -0.119. The largest absolute Gasteiger partial charge is 0.300 e. The first-order valence-corrected chi connectivity index (χ1v) is 6.57. The Morgan fingerprint density at radius 1 is 1.33 bits per heavy atom. The van der Waals surface area contributed by atoms with Crippen molar-refractivity contribution in [1.29, 1.82) is 0 Å². The molecule has 2 bridgehead atoms. The second-order valence-electron chi connectivity index (χ2n) is 6.13. The second kappa shape index (κ2) is 3.92. The lowest BCUT2D eigenvalue weighted by atomic mass is 9.67. The Morgan fingerprint density at radius 3 is 2.60 bits per heavy atom. The summed E-state index contributed by atoms with van der Waals surface area (Å²) in [5.74, 6) is 3.17. The van der Waals surface area contributed by atoms with Crippen LogP contribution in [0, 0.1) is 23.2 Å². The fourth-order valence-electron chi connectivity index (χ4n) is 4.07. The number of ketones is 1. The molecule has 0 aromatic heterocycles. The first-order chi connectivity index (χ1) is 7.05. The Bertz CT molecular complexity index is 254. The van der Waals surface area contributed by atoms with Crippen LogP contribution in [0.4, 0.5) is 0 Å². The van der Waals surface area contributed by atoms with Crippen LogP contribution >= 0.6 is 0 Å². The molecule has 1 nitrogen and oxygen atoms in total. The summed E-state index contributed by atoms with van der Waals surface area (Å²) < 4.78 is 0. The molecule has 0 spiro atoms. The van der Waals surface area contributed by atoms with E-state index in [1.165, 1.54) is 19.3 Å². The molecule has 15 heavy (non-hydrogen) atoms. The maximum atomic E-state index is 11.4. The molecular formula is C14H24O. The Kier molecular flexibility index (Phi) is 2.92. The number of hydrogen-bond donors (Lipinski definition) is 0. The summed E-state index contributed by atoms with van der Waals surface area (Å²) in [7, 11) is 0. The van der Waals surface area contributed by atoms with Gasteiger partial charge in [-0.25, -0.2) is 0 Å². The first-order valence-electron chi connectivity index (χ1n) is 6.57. The molecule has 0 aromatic carbocycles. The van der Waals surface area contributed by atoms with Crippen LogP contribution in [0.5, 0.6) is 0 Å². The van der Waals surface area contributed by atoms with Crippen molar-refractivity contribution in [2.24, 2.45) is 23.2 Å². The van der Waals surface area contributed by atoms with Crippen LogP contribution in [0.1, 0.15) is 59.3 Å². The third-order valence-corrected chi connectivity index (χ3v) is 5.18. The van der Waals surface area contributed by atoms with Gasteiger partial charge in [-0.1, -0.05) is 20.8 Å². The molecular weight excluding hydrogens is 184 g/mol. The minimum Gasteiger partial charge on any atom is -0.300 e. The Labute approximate surface area is 93.6 Å². The summed E-state index contributed by atoms with van der Waals surface area (Å²) in [5.41, 5.74) is 0.511. The highest BCUT2D eigenvalue weighted by molar-refractivity contribution is 5.77. The lowest BCUT2D eigenvalue weighted by Crippen LogP contribution is -2.31. The van der Waals surface area contributed by atoms with E-state index >= 15 is 0 Å². The predicted molar refractivity (Wildman–Crippen MR) is 62.6 cm³/mol. The SMILES string of the molecule is CCC(=O)CCC1C2CCC(C2)C1(C)C. The molecule has 3 atom stereocenters. The molecule has 0 radical (unpaired) electrons. The average molecular weight is 208 g/mol. The zero-order valence-electron chi connectivity index (χ0n) is 10.4. The van der Waals surface area contributed by atoms with Gasteiger partial charge in [-0.05, 0) is 48.9 Å². The van der Waals surface area contributed by atoms with Crippen molar-refractivity contribution < 1.29 is 4.79 Å². The van der Waals surface area contributed by atoms with Crippen molar-refractivity contribution >= 4 is 5.78 Å². The number of rotatable bonds is 4. The zero-order chi connectivity index (χ0) is 11.1. The Morgan fingerprint density at radius 2 is 2.07 bits per heavy atom. The van der Waals surface area contributed by atoms with Crippen molar-refractivity contribution in [3.63, 3.8) is 0 Å². The van der Waals surface area contributed by atoms with Gasteiger partial charge in [0.1, 0.15) is 5.78 Å². The van der Waals surface area contributed by atoms with Crippen molar-refractivity contribution in [3.8, 4) is 0 Å². The van der Waals surface area contributed by atoms with Gasteiger partial charge >= 0.3 is 0 Å². The number of fused-ring (bicyclic) bond motifs is 2. The highest BCUT2D eigenvalue weighted by Crippen LogP contribution is 2.60. The van der Waals surface area contributed by atoms with Gasteiger partial charge in [0.2, 0.25) is 0 Å². The van der Waals surface area contributed by atoms with Crippen LogP contribution in [0.3, 0.4) is 0 Å². The highest BCUT2D eigenvalue weighted by atomic mass is 16.1. The molecule has 2 saturated carbocycles. The molecule has 0 heterocycles. The van der Waals surface area contributed by atoms with E-state index in [0.717, 1.165) is 37.0 Å². The molecule has 1 heteroatoms. The highest BCUT2D eigenvalue weighted by Gasteiger charge is 2.51. The topological polar surface area (TPSA) is 17.1 Å². The second-order valence-corrected chi connectivity index (χ2v) is 6.13. The van der Waals surface area contributed by atoms with Crippen LogP contribution in [0.25, 0.3) is 0 Å². The summed E-state index contributed by atoms with van der Waals surface area (Å²) in [6.07, 6.45) is 7.02. The normalized spacial score (nSPS) is 37.1. The molecule has 3 unspecified atom stereocenters. The van der Waals surface area contributed by atoms with E-state index in [0.29, 0.717) is 11.2 Å². The van der Waals surface area contributed by atoms with E-state index in [4.69, 9.17) is 0 Å². The number of carbonyl (C=O) groups excluding carboxylic acids is 1. The monoisotopic (exact) mass is 208 g/mol. The van der Waals surface area contributed by atoms with Crippen molar-refractivity contribution in [1.82, 2.24) is 0 Å². The number of hydrogen-bond acceptors (Lipinski definition) is 1. The molecule has 0 amide bonds. The van der Waals surface area contributed by atoms with Crippen LogP contribution in [0.15, 0.2) is 0 Å². The molecule has 86 valence electrons. The fraction of sp³-hybridized carbons (Fsp3) is 0.929. The molecule has 0 N–H and O–H groups in total. The van der Waals surface area contributed by atoms with Gasteiger partial charge < -0.3 is 0 Å². The summed E-state index contributed by atoms with van der Waals surface area (Å²) in [4.78, 5) is 11.4. The summed E-state index contributed by atoms with van der Waals surface area (Å²) >= 11 is 0. The van der Waals surface area contributed by atoms with Gasteiger partial charge in [0.25, 0.3) is 0 Å². The van der Waals surface area contributed by atoms with Gasteiger partial charge in [-0.15, -0.1) is 0 Å². The fourth-order valence-corrected chi connectivity index (χ4v) is 4.07. The van der Waals surface area contributed by atoms with E-state index in [-0.39, 0.29) is 0 Å². The average Bonchev–Trinajstić information content (AvgIpc) is 2.74. The van der Waals surface area contributed by atoms with Crippen LogP contribution in [-0.4, -0.2) is 5.78 Å². The van der Waals surface area contributed by atoms with E-state index < -0.39 is 0 Å². The molecule has 0 aliphatic heterocycles. The van der Waals surface area contributed by atoms with Gasteiger partial charge in [-0.2, -0.15) is 0 Å². The van der Waals surface area contributed by atoms with Crippen LogP contribution < -0.4 is 0 Å². The van der Waals surface area contributed by atoms with E-state index in [2.05, 4.69) is 13.8 Å². The molecule has 0 aromatic rings. The predicted octanol–water partition coefficient (Wildman–Crippen LogP) is 3.82. The van der Waals surface area contributed by atoms with Crippen LogP contribution in [0.2, 0.25) is 0 Å². The third kappa shape index (κ3) is 1.86. The first kappa shape index (κ1) is 11.2. The zero-order valence-corrected chi connectivity index (χ0v) is 10.4. The van der Waals surface area contributed by atoms with Gasteiger partial charge in [0.05, 0.1) is 0 Å². The van der Waals surface area contributed by atoms with Crippen molar-refractivity contribution in [2.45, 2.75) is 59.3 Å². The summed E-state index contributed by atoms with van der Waals surface area (Å²) in [6, 6.07) is 0. The Hall–Kier alpha value is -0.330. The maximum Gasteiger partial charge on any atom is 0.132 e. The van der Waals surface area contributed by atoms with E-state index in [1.807, 2.05) is 6.92 Å². The lowest BCUT2D eigenvalue weighted by Gasteiger charge is -2.38.